The second-order valence-electron chi connectivity index (χ2n) is 6.12. The molecule has 0 N–H and O–H groups in total. The van der Waals surface area contributed by atoms with Gasteiger partial charge in [0.2, 0.25) is 5.79 Å². The molecule has 0 aliphatic carbocycles. The van der Waals surface area contributed by atoms with Crippen LogP contribution in [-0.4, -0.2) is 23.1 Å². The summed E-state index contributed by atoms with van der Waals surface area (Å²) in [6, 6.07) is 13.4. The standard InChI is InChI=1S/C21H19NO5/c1-3-26-21(2)18(14-16-6-4-5-7-20(16)27-21)19(23)13-10-15-8-11-17(12-9-15)22(24)25/h4-14H,3H2,1-2H3/b13-10+. The van der Waals surface area contributed by atoms with Crippen molar-refractivity contribution in [3.8, 4) is 5.75 Å². The lowest BCUT2D eigenvalue weighted by atomic mass is 9.95. The van der Waals surface area contributed by atoms with E-state index in [1.54, 1.807) is 31.2 Å². The first-order valence-corrected chi connectivity index (χ1v) is 8.54. The van der Waals surface area contributed by atoms with Crippen molar-refractivity contribution in [2.45, 2.75) is 19.6 Å². The molecular weight excluding hydrogens is 346 g/mol. The number of fused-ring (bicyclic) bond motifs is 1. The molecule has 2 aromatic carbocycles. The zero-order valence-corrected chi connectivity index (χ0v) is 15.0. The molecule has 1 heterocycles. The van der Waals surface area contributed by atoms with Crippen molar-refractivity contribution < 1.29 is 19.2 Å². The molecule has 0 saturated heterocycles. The SMILES string of the molecule is CCOC1(C)Oc2ccccc2C=C1C(=O)/C=C/c1ccc([N+](=O)[O-])cc1. The van der Waals surface area contributed by atoms with E-state index in [9.17, 15) is 14.9 Å². The topological polar surface area (TPSA) is 78.7 Å². The van der Waals surface area contributed by atoms with Gasteiger partial charge in [0.1, 0.15) is 5.75 Å². The number of nitro groups is 1. The van der Waals surface area contributed by atoms with E-state index in [4.69, 9.17) is 9.47 Å². The Morgan fingerprint density at radius 3 is 2.59 bits per heavy atom. The largest absolute Gasteiger partial charge is 0.458 e. The molecule has 0 radical (unpaired) electrons. The molecule has 3 rings (SSSR count). The van der Waals surface area contributed by atoms with Gasteiger partial charge in [-0.15, -0.1) is 0 Å². The van der Waals surface area contributed by atoms with E-state index >= 15 is 0 Å². The van der Waals surface area contributed by atoms with Gasteiger partial charge in [0.05, 0.1) is 10.5 Å². The number of nitrogens with zero attached hydrogens (tertiary/aromatic N) is 1. The summed E-state index contributed by atoms with van der Waals surface area (Å²) in [6.45, 7) is 3.94. The molecule has 0 amide bonds. The number of hydrogen-bond donors (Lipinski definition) is 0. The fraction of sp³-hybridized carbons (Fsp3) is 0.190. The molecule has 0 spiro atoms. The van der Waals surface area contributed by atoms with E-state index in [0.29, 0.717) is 23.5 Å². The van der Waals surface area contributed by atoms with E-state index in [-0.39, 0.29) is 11.5 Å². The van der Waals surface area contributed by atoms with Gasteiger partial charge in [0, 0.05) is 31.2 Å². The van der Waals surface area contributed by atoms with Crippen molar-refractivity contribution in [2.24, 2.45) is 0 Å². The highest BCUT2D eigenvalue weighted by Gasteiger charge is 2.39. The van der Waals surface area contributed by atoms with Crippen molar-refractivity contribution in [1.82, 2.24) is 0 Å². The van der Waals surface area contributed by atoms with E-state index in [2.05, 4.69) is 0 Å². The van der Waals surface area contributed by atoms with E-state index in [1.807, 2.05) is 31.2 Å². The molecule has 2 aromatic rings. The van der Waals surface area contributed by atoms with Crippen molar-refractivity contribution >= 4 is 23.6 Å². The predicted molar refractivity (Wildman–Crippen MR) is 102 cm³/mol. The first-order chi connectivity index (χ1) is 12.9. The summed E-state index contributed by atoms with van der Waals surface area (Å²) in [4.78, 5) is 23.1. The van der Waals surface area contributed by atoms with E-state index < -0.39 is 10.7 Å². The lowest BCUT2D eigenvalue weighted by Crippen LogP contribution is -2.42. The highest BCUT2D eigenvalue weighted by molar-refractivity contribution is 6.10. The van der Waals surface area contributed by atoms with Gasteiger partial charge in [0.15, 0.2) is 5.78 Å². The minimum absolute atomic E-state index is 0.00222. The smallest absolute Gasteiger partial charge is 0.269 e. The van der Waals surface area contributed by atoms with Crippen LogP contribution in [0.4, 0.5) is 5.69 Å². The fourth-order valence-electron chi connectivity index (χ4n) is 2.89. The van der Waals surface area contributed by atoms with Gasteiger partial charge in [0.25, 0.3) is 5.69 Å². The number of non-ortho nitro benzene ring substituents is 1. The molecule has 1 atom stereocenters. The van der Waals surface area contributed by atoms with Gasteiger partial charge < -0.3 is 9.47 Å². The number of allylic oxidation sites excluding steroid dienone is 1. The first-order valence-electron chi connectivity index (χ1n) is 8.54. The van der Waals surface area contributed by atoms with Gasteiger partial charge in [-0.2, -0.15) is 0 Å². The Morgan fingerprint density at radius 1 is 1.22 bits per heavy atom. The molecule has 6 heteroatoms. The second-order valence-corrected chi connectivity index (χ2v) is 6.12. The Hall–Kier alpha value is -3.25. The van der Waals surface area contributed by atoms with Gasteiger partial charge in [-0.25, -0.2) is 0 Å². The quantitative estimate of drug-likeness (QED) is 0.430. The molecule has 1 aliphatic heterocycles. The van der Waals surface area contributed by atoms with Crippen molar-refractivity contribution in [3.05, 3.63) is 81.4 Å². The van der Waals surface area contributed by atoms with Crippen molar-refractivity contribution in [3.63, 3.8) is 0 Å². The van der Waals surface area contributed by atoms with Crippen molar-refractivity contribution in [1.29, 1.82) is 0 Å². The number of rotatable bonds is 6. The molecule has 0 aromatic heterocycles. The monoisotopic (exact) mass is 365 g/mol. The highest BCUT2D eigenvalue weighted by atomic mass is 16.7. The van der Waals surface area contributed by atoms with Crippen LogP contribution in [0.3, 0.4) is 0 Å². The maximum atomic E-state index is 12.8. The van der Waals surface area contributed by atoms with Crippen LogP contribution in [0.1, 0.15) is 25.0 Å². The first kappa shape index (κ1) is 18.5. The van der Waals surface area contributed by atoms with E-state index in [0.717, 1.165) is 5.56 Å². The molecule has 0 saturated carbocycles. The molecule has 27 heavy (non-hydrogen) atoms. The van der Waals surface area contributed by atoms with Crippen LogP contribution in [0.2, 0.25) is 0 Å². The number of nitro benzene ring substituents is 1. The predicted octanol–water partition coefficient (Wildman–Crippen LogP) is 4.41. The zero-order valence-electron chi connectivity index (χ0n) is 15.0. The van der Waals surface area contributed by atoms with Gasteiger partial charge in [-0.1, -0.05) is 24.3 Å². The minimum atomic E-state index is -1.18. The second kappa shape index (κ2) is 7.55. The summed E-state index contributed by atoms with van der Waals surface area (Å²) in [6.07, 6.45) is 4.80. The zero-order chi connectivity index (χ0) is 19.4. The fourth-order valence-corrected chi connectivity index (χ4v) is 2.89. The summed E-state index contributed by atoms with van der Waals surface area (Å²) in [7, 11) is 0. The lowest BCUT2D eigenvalue weighted by Gasteiger charge is -2.35. The summed E-state index contributed by atoms with van der Waals surface area (Å²) in [5, 5.41) is 10.7. The normalized spacial score (nSPS) is 18.5. The maximum absolute atomic E-state index is 12.8. The van der Waals surface area contributed by atoms with Crippen LogP contribution in [0.25, 0.3) is 12.2 Å². The summed E-state index contributed by atoms with van der Waals surface area (Å²) in [5.41, 5.74) is 1.88. The number of para-hydroxylation sites is 1. The molecule has 1 aliphatic rings. The summed E-state index contributed by atoms with van der Waals surface area (Å²) < 4.78 is 11.7. The number of benzene rings is 2. The number of carbonyl (C=O) groups excluding carboxylic acids is 1. The lowest BCUT2D eigenvalue weighted by molar-refractivity contribution is -0.384. The minimum Gasteiger partial charge on any atom is -0.458 e. The number of ether oxygens (including phenoxy) is 2. The van der Waals surface area contributed by atoms with E-state index in [1.165, 1.54) is 18.2 Å². The summed E-state index contributed by atoms with van der Waals surface area (Å²) in [5.74, 6) is -0.775. The van der Waals surface area contributed by atoms with Gasteiger partial charge >= 0.3 is 0 Å². The van der Waals surface area contributed by atoms with Crippen LogP contribution < -0.4 is 4.74 Å². The Bertz CT molecular complexity index is 930. The van der Waals surface area contributed by atoms with Crippen LogP contribution in [0, 0.1) is 10.1 Å². The molecule has 6 nitrogen and oxygen atoms in total. The highest BCUT2D eigenvalue weighted by Crippen LogP contribution is 2.37. The van der Waals surface area contributed by atoms with Crippen LogP contribution in [-0.2, 0) is 9.53 Å². The Kier molecular flexibility index (Phi) is 5.19. The maximum Gasteiger partial charge on any atom is 0.269 e. The Labute approximate surface area is 156 Å². The molecule has 0 bridgehead atoms. The van der Waals surface area contributed by atoms with Gasteiger partial charge in [-0.3, -0.25) is 14.9 Å². The number of ketones is 1. The molecule has 0 fully saturated rings. The summed E-state index contributed by atoms with van der Waals surface area (Å²) >= 11 is 0. The molecule has 138 valence electrons. The average molecular weight is 365 g/mol. The Balaban J connectivity index is 1.88. The third-order valence-electron chi connectivity index (χ3n) is 4.23. The molecular formula is C21H19NO5. The molecule has 1 unspecified atom stereocenters. The van der Waals surface area contributed by atoms with Crippen LogP contribution in [0.15, 0.2) is 60.2 Å². The van der Waals surface area contributed by atoms with Crippen LogP contribution >= 0.6 is 0 Å². The van der Waals surface area contributed by atoms with Crippen molar-refractivity contribution in [2.75, 3.05) is 6.61 Å². The number of carbonyl (C=O) groups is 1. The third kappa shape index (κ3) is 3.96. The number of hydrogen-bond acceptors (Lipinski definition) is 5. The Morgan fingerprint density at radius 2 is 1.93 bits per heavy atom. The van der Waals surface area contributed by atoms with Gasteiger partial charge in [-0.05, 0) is 42.8 Å². The van der Waals surface area contributed by atoms with Crippen LogP contribution in [0.5, 0.6) is 5.75 Å². The third-order valence-corrected chi connectivity index (χ3v) is 4.23. The average Bonchev–Trinajstić information content (AvgIpc) is 2.66.